The van der Waals surface area contributed by atoms with E-state index in [1.165, 1.54) is 11.1 Å². The molecule has 2 saturated heterocycles. The van der Waals surface area contributed by atoms with Crippen LogP contribution in [0.3, 0.4) is 0 Å². The first kappa shape index (κ1) is 23.1. The Morgan fingerprint density at radius 1 is 1.25 bits per heavy atom. The van der Waals surface area contributed by atoms with E-state index in [0.29, 0.717) is 19.5 Å². The summed E-state index contributed by atoms with van der Waals surface area (Å²) in [7, 11) is -3.00. The number of benzene rings is 1. The Morgan fingerprint density at radius 2 is 1.96 bits per heavy atom. The standard InChI is InChI=1S/C20H31N3O3S.ClH/c1-3-16-5-7-17(8-6-16)19-13-21-10-11-22(19)14-20(24)23(4-2)18-9-12-27(25,26)15-18;/h5-8,18-19,21H,3-4,9-15H2,1-2H3;1H. The van der Waals surface area contributed by atoms with E-state index in [2.05, 4.69) is 41.4 Å². The van der Waals surface area contributed by atoms with Crippen molar-refractivity contribution in [1.82, 2.24) is 15.1 Å². The van der Waals surface area contributed by atoms with Gasteiger partial charge in [0.05, 0.1) is 18.1 Å². The first-order valence-electron chi connectivity index (χ1n) is 9.97. The van der Waals surface area contributed by atoms with Crippen molar-refractivity contribution in [2.45, 2.75) is 38.8 Å². The molecule has 28 heavy (non-hydrogen) atoms. The Bertz CT molecular complexity index is 754. The van der Waals surface area contributed by atoms with Crippen molar-refractivity contribution in [2.24, 2.45) is 0 Å². The Balaban J connectivity index is 0.00000280. The number of nitrogens with one attached hydrogen (secondary N) is 1. The summed E-state index contributed by atoms with van der Waals surface area (Å²) in [6.07, 6.45) is 1.58. The Kier molecular flexibility index (Phi) is 8.30. The van der Waals surface area contributed by atoms with Crippen LogP contribution in [0.15, 0.2) is 24.3 Å². The molecule has 2 heterocycles. The molecular weight excluding hydrogens is 398 g/mol. The van der Waals surface area contributed by atoms with Gasteiger partial charge >= 0.3 is 0 Å². The van der Waals surface area contributed by atoms with Crippen LogP contribution in [-0.4, -0.2) is 74.4 Å². The number of sulfone groups is 1. The molecule has 0 saturated carbocycles. The third kappa shape index (κ3) is 5.47. The predicted molar refractivity (Wildman–Crippen MR) is 115 cm³/mol. The molecule has 1 N–H and O–H groups in total. The van der Waals surface area contributed by atoms with Crippen LogP contribution in [0.25, 0.3) is 0 Å². The summed E-state index contributed by atoms with van der Waals surface area (Å²) in [5.74, 6) is 0.342. The first-order valence-corrected chi connectivity index (χ1v) is 11.8. The van der Waals surface area contributed by atoms with Gasteiger partial charge in [0.25, 0.3) is 0 Å². The number of hydrogen-bond acceptors (Lipinski definition) is 5. The number of amides is 1. The molecule has 0 aromatic heterocycles. The number of rotatable bonds is 6. The van der Waals surface area contributed by atoms with Gasteiger partial charge < -0.3 is 10.2 Å². The second-order valence-electron chi connectivity index (χ2n) is 7.52. The van der Waals surface area contributed by atoms with E-state index in [1.807, 2.05) is 6.92 Å². The van der Waals surface area contributed by atoms with Crippen molar-refractivity contribution in [3.63, 3.8) is 0 Å². The zero-order valence-electron chi connectivity index (χ0n) is 16.8. The van der Waals surface area contributed by atoms with Crippen molar-refractivity contribution in [3.05, 3.63) is 35.4 Å². The van der Waals surface area contributed by atoms with Gasteiger partial charge in [-0.3, -0.25) is 9.69 Å². The topological polar surface area (TPSA) is 69.7 Å². The average Bonchev–Trinajstić information content (AvgIpc) is 3.02. The summed E-state index contributed by atoms with van der Waals surface area (Å²) in [6, 6.07) is 8.64. The van der Waals surface area contributed by atoms with Gasteiger partial charge in [0, 0.05) is 38.3 Å². The Morgan fingerprint density at radius 3 is 2.54 bits per heavy atom. The lowest BCUT2D eigenvalue weighted by atomic mass is 10.0. The number of hydrogen-bond donors (Lipinski definition) is 1. The molecule has 2 aliphatic rings. The highest BCUT2D eigenvalue weighted by molar-refractivity contribution is 7.91. The summed E-state index contributed by atoms with van der Waals surface area (Å²) in [5, 5.41) is 3.43. The normalized spacial score (nSPS) is 24.5. The summed E-state index contributed by atoms with van der Waals surface area (Å²) in [4.78, 5) is 17.0. The van der Waals surface area contributed by atoms with E-state index in [1.54, 1.807) is 4.90 Å². The van der Waals surface area contributed by atoms with Crippen LogP contribution in [0.4, 0.5) is 0 Å². The van der Waals surface area contributed by atoms with E-state index in [0.717, 1.165) is 26.1 Å². The third-order valence-electron chi connectivity index (χ3n) is 5.78. The zero-order valence-corrected chi connectivity index (χ0v) is 18.4. The lowest BCUT2D eigenvalue weighted by Crippen LogP contribution is -2.52. The maximum absolute atomic E-state index is 13.0. The van der Waals surface area contributed by atoms with E-state index >= 15 is 0 Å². The SMILES string of the molecule is CCc1ccc(C2CNCCN2CC(=O)N(CC)C2CCS(=O)(=O)C2)cc1.Cl. The van der Waals surface area contributed by atoms with E-state index < -0.39 is 9.84 Å². The summed E-state index contributed by atoms with van der Waals surface area (Å²) in [6.45, 7) is 7.47. The zero-order chi connectivity index (χ0) is 19.4. The van der Waals surface area contributed by atoms with Crippen molar-refractivity contribution in [1.29, 1.82) is 0 Å². The monoisotopic (exact) mass is 429 g/mol. The number of carbonyl (C=O) groups excluding carboxylic acids is 1. The number of nitrogens with zero attached hydrogens (tertiary/aromatic N) is 2. The van der Waals surface area contributed by atoms with Crippen LogP contribution in [0, 0.1) is 0 Å². The van der Waals surface area contributed by atoms with Crippen LogP contribution in [-0.2, 0) is 21.1 Å². The van der Waals surface area contributed by atoms with E-state index in [4.69, 9.17) is 0 Å². The number of carbonyl (C=O) groups is 1. The Hall–Kier alpha value is -1.15. The van der Waals surface area contributed by atoms with E-state index in [9.17, 15) is 13.2 Å². The molecule has 6 nitrogen and oxygen atoms in total. The molecule has 1 aromatic carbocycles. The van der Waals surface area contributed by atoms with Crippen LogP contribution >= 0.6 is 12.4 Å². The molecule has 2 unspecified atom stereocenters. The largest absolute Gasteiger partial charge is 0.338 e. The number of aryl methyl sites for hydroxylation is 1. The molecular formula is C20H32ClN3O3S. The van der Waals surface area contributed by atoms with Gasteiger partial charge in [-0.2, -0.15) is 0 Å². The van der Waals surface area contributed by atoms with Gasteiger partial charge in [-0.05, 0) is 30.9 Å². The summed E-state index contributed by atoms with van der Waals surface area (Å²) in [5.41, 5.74) is 2.53. The van der Waals surface area contributed by atoms with Gasteiger partial charge in [0.1, 0.15) is 0 Å². The fourth-order valence-electron chi connectivity index (χ4n) is 4.16. The van der Waals surface area contributed by atoms with Crippen LogP contribution in [0.1, 0.15) is 37.4 Å². The third-order valence-corrected chi connectivity index (χ3v) is 7.53. The molecule has 0 aliphatic carbocycles. The van der Waals surface area contributed by atoms with Crippen molar-refractivity contribution in [2.75, 3.05) is 44.2 Å². The highest BCUT2D eigenvalue weighted by Crippen LogP contribution is 2.24. The van der Waals surface area contributed by atoms with Crippen LogP contribution in [0.2, 0.25) is 0 Å². The first-order chi connectivity index (χ1) is 12.9. The van der Waals surface area contributed by atoms with Crippen LogP contribution in [0.5, 0.6) is 0 Å². The predicted octanol–water partition coefficient (Wildman–Crippen LogP) is 1.65. The molecule has 1 amide bonds. The molecule has 2 atom stereocenters. The fraction of sp³-hybridized carbons (Fsp3) is 0.650. The van der Waals surface area contributed by atoms with Crippen molar-refractivity contribution >= 4 is 28.2 Å². The van der Waals surface area contributed by atoms with Gasteiger partial charge in [0.15, 0.2) is 9.84 Å². The van der Waals surface area contributed by atoms with Gasteiger partial charge in [-0.15, -0.1) is 12.4 Å². The summed E-state index contributed by atoms with van der Waals surface area (Å²) < 4.78 is 23.6. The molecule has 1 aromatic rings. The highest BCUT2D eigenvalue weighted by atomic mass is 35.5. The maximum atomic E-state index is 13.0. The minimum absolute atomic E-state index is 0. The quantitative estimate of drug-likeness (QED) is 0.744. The van der Waals surface area contributed by atoms with Crippen molar-refractivity contribution < 1.29 is 13.2 Å². The average molecular weight is 430 g/mol. The van der Waals surface area contributed by atoms with Gasteiger partial charge in [0.2, 0.25) is 5.91 Å². The second kappa shape index (κ2) is 10.1. The number of halogens is 1. The number of likely N-dealkylation sites (N-methyl/N-ethyl adjacent to an activating group) is 1. The maximum Gasteiger partial charge on any atom is 0.237 e. The molecule has 2 aliphatic heterocycles. The Labute approximate surface area is 175 Å². The number of piperazine rings is 1. The molecule has 0 radical (unpaired) electrons. The molecule has 0 bridgehead atoms. The fourth-order valence-corrected chi connectivity index (χ4v) is 5.89. The lowest BCUT2D eigenvalue weighted by molar-refractivity contribution is -0.134. The lowest BCUT2D eigenvalue weighted by Gasteiger charge is -2.38. The smallest absolute Gasteiger partial charge is 0.237 e. The molecule has 158 valence electrons. The molecule has 0 spiro atoms. The van der Waals surface area contributed by atoms with Gasteiger partial charge in [-0.1, -0.05) is 31.2 Å². The highest BCUT2D eigenvalue weighted by Gasteiger charge is 2.35. The van der Waals surface area contributed by atoms with E-state index in [-0.39, 0.29) is 41.9 Å². The van der Waals surface area contributed by atoms with Gasteiger partial charge in [-0.25, -0.2) is 8.42 Å². The molecule has 8 heteroatoms. The molecule has 3 rings (SSSR count). The second-order valence-corrected chi connectivity index (χ2v) is 9.75. The minimum Gasteiger partial charge on any atom is -0.338 e. The van der Waals surface area contributed by atoms with Crippen LogP contribution < -0.4 is 5.32 Å². The van der Waals surface area contributed by atoms with Crippen molar-refractivity contribution in [3.8, 4) is 0 Å². The summed E-state index contributed by atoms with van der Waals surface area (Å²) >= 11 is 0. The minimum atomic E-state index is -3.00. The molecule has 2 fully saturated rings.